The van der Waals surface area contributed by atoms with Crippen molar-refractivity contribution in [2.24, 2.45) is 5.41 Å². The van der Waals surface area contributed by atoms with Gasteiger partial charge in [0, 0.05) is 43.8 Å². The quantitative estimate of drug-likeness (QED) is 0.505. The summed E-state index contributed by atoms with van der Waals surface area (Å²) in [6, 6.07) is 15.6. The number of rotatable bonds is 8. The number of alkyl halides is 3. The number of para-hydroxylation sites is 1. The molecule has 5 nitrogen and oxygen atoms in total. The van der Waals surface area contributed by atoms with Crippen molar-refractivity contribution < 1.29 is 23.0 Å². The third-order valence-corrected chi connectivity index (χ3v) is 6.99. The summed E-state index contributed by atoms with van der Waals surface area (Å²) in [5, 5.41) is 10.5. The molecule has 1 aliphatic rings. The fourth-order valence-electron chi connectivity index (χ4n) is 4.92. The maximum atomic E-state index is 14.6. The van der Waals surface area contributed by atoms with Crippen molar-refractivity contribution in [3.8, 4) is 0 Å². The van der Waals surface area contributed by atoms with E-state index in [9.17, 15) is 23.1 Å². The number of fused-ring (bicyclic) bond motifs is 1. The predicted octanol–water partition coefficient (Wildman–Crippen LogP) is 4.57. The number of nitrogens with zero attached hydrogens (tertiary/aromatic N) is 2. The average Bonchev–Trinajstić information content (AvgIpc) is 2.85. The summed E-state index contributed by atoms with van der Waals surface area (Å²) in [6.07, 6.45) is -3.55. The van der Waals surface area contributed by atoms with Crippen LogP contribution in [0.5, 0.6) is 0 Å². The molecule has 188 valence electrons. The van der Waals surface area contributed by atoms with Gasteiger partial charge in [-0.05, 0) is 35.6 Å². The minimum Gasteiger partial charge on any atom is -0.395 e. The number of pyridine rings is 1. The minimum absolute atomic E-state index is 0.246. The number of hydrogen-bond donors (Lipinski definition) is 1. The highest BCUT2D eigenvalue weighted by Crippen LogP contribution is 2.46. The van der Waals surface area contributed by atoms with Crippen LogP contribution in [-0.2, 0) is 17.8 Å². The van der Waals surface area contributed by atoms with Gasteiger partial charge in [-0.2, -0.15) is 13.2 Å². The molecule has 8 heteroatoms. The lowest BCUT2D eigenvalue weighted by Gasteiger charge is -2.37. The number of morpholine rings is 1. The maximum Gasteiger partial charge on any atom is 0.398 e. The number of aliphatic hydroxyl groups is 1. The van der Waals surface area contributed by atoms with E-state index < -0.39 is 30.7 Å². The van der Waals surface area contributed by atoms with Crippen molar-refractivity contribution in [1.82, 2.24) is 9.47 Å². The second kappa shape index (κ2) is 10.5. The Morgan fingerprint density at radius 1 is 1.06 bits per heavy atom. The van der Waals surface area contributed by atoms with Crippen LogP contribution in [0.25, 0.3) is 10.9 Å². The predicted molar refractivity (Wildman–Crippen MR) is 129 cm³/mol. The number of ether oxygens (including phenoxy) is 1. The lowest BCUT2D eigenvalue weighted by Crippen LogP contribution is -2.46. The molecule has 1 N–H and O–H groups in total. The molecule has 2 unspecified atom stereocenters. The zero-order valence-corrected chi connectivity index (χ0v) is 19.8. The molecular formula is C27H31F3N2O3. The molecule has 1 fully saturated rings. The molecule has 0 bridgehead atoms. The van der Waals surface area contributed by atoms with Crippen LogP contribution >= 0.6 is 0 Å². The van der Waals surface area contributed by atoms with Crippen LogP contribution in [-0.4, -0.2) is 53.7 Å². The molecule has 4 rings (SSSR count). The Morgan fingerprint density at radius 3 is 2.51 bits per heavy atom. The van der Waals surface area contributed by atoms with E-state index >= 15 is 0 Å². The first-order valence-electron chi connectivity index (χ1n) is 11.9. The van der Waals surface area contributed by atoms with Crippen molar-refractivity contribution in [3.63, 3.8) is 0 Å². The number of aromatic nitrogens is 1. The Hall–Kier alpha value is -2.68. The molecule has 2 atom stereocenters. The molecule has 2 heterocycles. The fourth-order valence-corrected chi connectivity index (χ4v) is 4.92. The molecule has 35 heavy (non-hydrogen) atoms. The van der Waals surface area contributed by atoms with Crippen LogP contribution in [0.15, 0.2) is 65.6 Å². The van der Waals surface area contributed by atoms with E-state index in [-0.39, 0.29) is 11.8 Å². The zero-order valence-electron chi connectivity index (χ0n) is 19.8. The molecule has 0 radical (unpaired) electrons. The minimum atomic E-state index is -4.65. The summed E-state index contributed by atoms with van der Waals surface area (Å²) >= 11 is 0. The summed E-state index contributed by atoms with van der Waals surface area (Å²) in [6.45, 7) is 3.98. The SMILES string of the molecule is CC(CC(CO)(Cn1ccc(=O)c2ccccc21)C(F)(F)F)c1cccc(CN2CCOCC2)c1. The van der Waals surface area contributed by atoms with Gasteiger partial charge >= 0.3 is 6.18 Å². The molecule has 0 aliphatic carbocycles. The average molecular weight is 489 g/mol. The monoisotopic (exact) mass is 488 g/mol. The summed E-state index contributed by atoms with van der Waals surface area (Å²) < 4.78 is 50.5. The van der Waals surface area contributed by atoms with Gasteiger partial charge in [-0.15, -0.1) is 0 Å². The van der Waals surface area contributed by atoms with Crippen molar-refractivity contribution in [2.45, 2.75) is 38.5 Å². The molecule has 0 amide bonds. The van der Waals surface area contributed by atoms with Crippen molar-refractivity contribution in [1.29, 1.82) is 0 Å². The van der Waals surface area contributed by atoms with Gasteiger partial charge in [0.2, 0.25) is 0 Å². The molecule has 1 aliphatic heterocycles. The highest BCUT2D eigenvalue weighted by Gasteiger charge is 2.55. The Kier molecular flexibility index (Phi) is 7.64. The Labute approximate surface area is 202 Å². The zero-order chi connectivity index (χ0) is 25.1. The third-order valence-electron chi connectivity index (χ3n) is 6.99. The van der Waals surface area contributed by atoms with Gasteiger partial charge in [0.25, 0.3) is 0 Å². The lowest BCUT2D eigenvalue weighted by atomic mass is 9.77. The third kappa shape index (κ3) is 5.60. The highest BCUT2D eigenvalue weighted by molar-refractivity contribution is 5.78. The topological polar surface area (TPSA) is 54.7 Å². The standard InChI is InChI=1S/C27H31F3N2O3/c1-20(22-6-4-5-21(15-22)17-31-11-13-35-14-12-31)16-26(19-33,27(28,29)30)18-32-10-9-25(34)23-7-2-3-8-24(23)32/h2-10,15,20,33H,11-14,16-19H2,1H3. The first kappa shape index (κ1) is 25.4. The fraction of sp³-hybridized carbons (Fsp3) is 0.444. The molecule has 0 spiro atoms. The Morgan fingerprint density at radius 2 is 1.80 bits per heavy atom. The van der Waals surface area contributed by atoms with E-state index in [4.69, 9.17) is 4.74 Å². The molecular weight excluding hydrogens is 457 g/mol. The first-order chi connectivity index (χ1) is 16.7. The smallest absolute Gasteiger partial charge is 0.395 e. The molecule has 3 aromatic rings. The van der Waals surface area contributed by atoms with Crippen LogP contribution in [0.2, 0.25) is 0 Å². The van der Waals surface area contributed by atoms with Crippen molar-refractivity contribution in [2.75, 3.05) is 32.9 Å². The van der Waals surface area contributed by atoms with Crippen LogP contribution in [0.1, 0.15) is 30.4 Å². The second-order valence-electron chi connectivity index (χ2n) is 9.50. The number of aliphatic hydroxyl groups excluding tert-OH is 1. The van der Waals surface area contributed by atoms with E-state index in [1.54, 1.807) is 31.2 Å². The van der Waals surface area contributed by atoms with Gasteiger partial charge in [-0.25, -0.2) is 0 Å². The largest absolute Gasteiger partial charge is 0.398 e. The number of benzene rings is 2. The van der Waals surface area contributed by atoms with Crippen molar-refractivity contribution in [3.05, 3.63) is 82.1 Å². The van der Waals surface area contributed by atoms with E-state index in [1.165, 1.54) is 16.8 Å². The number of hydrogen-bond acceptors (Lipinski definition) is 4. The molecule has 0 saturated carbocycles. The van der Waals surface area contributed by atoms with Gasteiger partial charge in [0.1, 0.15) is 5.41 Å². The van der Waals surface area contributed by atoms with Gasteiger partial charge < -0.3 is 14.4 Å². The van der Waals surface area contributed by atoms with Gasteiger partial charge in [-0.3, -0.25) is 9.69 Å². The summed E-state index contributed by atoms with van der Waals surface area (Å²) in [5.41, 5.74) is -0.345. The number of halogens is 3. The highest BCUT2D eigenvalue weighted by atomic mass is 19.4. The molecule has 2 aromatic carbocycles. The van der Waals surface area contributed by atoms with Crippen LogP contribution in [0.3, 0.4) is 0 Å². The van der Waals surface area contributed by atoms with E-state index in [1.807, 2.05) is 24.3 Å². The van der Waals surface area contributed by atoms with Crippen molar-refractivity contribution >= 4 is 10.9 Å². The van der Waals surface area contributed by atoms with Crippen LogP contribution in [0.4, 0.5) is 13.2 Å². The summed E-state index contributed by atoms with van der Waals surface area (Å²) in [7, 11) is 0. The van der Waals surface area contributed by atoms with Crippen LogP contribution < -0.4 is 5.43 Å². The lowest BCUT2D eigenvalue weighted by molar-refractivity contribution is -0.244. The Bertz CT molecular complexity index is 1200. The van der Waals surface area contributed by atoms with E-state index in [0.29, 0.717) is 24.1 Å². The van der Waals surface area contributed by atoms with E-state index in [0.717, 1.165) is 30.8 Å². The second-order valence-corrected chi connectivity index (χ2v) is 9.50. The van der Waals surface area contributed by atoms with Crippen LogP contribution in [0, 0.1) is 5.41 Å². The molecule has 1 aromatic heterocycles. The molecule has 1 saturated heterocycles. The normalized spacial score (nSPS) is 17.9. The van der Waals surface area contributed by atoms with Gasteiger partial charge in [0.15, 0.2) is 5.43 Å². The van der Waals surface area contributed by atoms with E-state index in [2.05, 4.69) is 4.90 Å². The summed E-state index contributed by atoms with van der Waals surface area (Å²) in [4.78, 5) is 14.5. The Balaban J connectivity index is 1.61. The summed E-state index contributed by atoms with van der Waals surface area (Å²) in [5.74, 6) is -0.445. The van der Waals surface area contributed by atoms with Gasteiger partial charge in [0.05, 0.1) is 25.3 Å². The first-order valence-corrected chi connectivity index (χ1v) is 11.9. The maximum absolute atomic E-state index is 14.6. The van der Waals surface area contributed by atoms with Gasteiger partial charge in [-0.1, -0.05) is 43.3 Å².